The number of fused-ring (bicyclic) bond motifs is 1. The maximum Gasteiger partial charge on any atom is 0.314 e. The van der Waals surface area contributed by atoms with Gasteiger partial charge >= 0.3 is 6.03 Å². The van der Waals surface area contributed by atoms with E-state index in [4.69, 9.17) is 4.74 Å². The highest BCUT2D eigenvalue weighted by molar-refractivity contribution is 5.78. The van der Waals surface area contributed by atoms with E-state index in [0.717, 1.165) is 22.2 Å². The number of H-pyrrole nitrogens is 1. The predicted octanol–water partition coefficient (Wildman–Crippen LogP) is 2.62. The zero-order valence-electron chi connectivity index (χ0n) is 15.2. The second-order valence-corrected chi connectivity index (χ2v) is 6.21. The van der Waals surface area contributed by atoms with Gasteiger partial charge in [0, 0.05) is 24.2 Å². The SMILES string of the molecule is COc1ccccc1CCNC(=O)NCCc1cc2ccccc2[nH]c1=O. The minimum Gasteiger partial charge on any atom is -0.496 e. The summed E-state index contributed by atoms with van der Waals surface area (Å²) in [7, 11) is 1.63. The maximum absolute atomic E-state index is 12.1. The van der Waals surface area contributed by atoms with Crippen LogP contribution in [0.2, 0.25) is 0 Å². The predicted molar refractivity (Wildman–Crippen MR) is 106 cm³/mol. The number of amides is 2. The van der Waals surface area contributed by atoms with Gasteiger partial charge in [-0.05, 0) is 42.0 Å². The van der Waals surface area contributed by atoms with Gasteiger partial charge < -0.3 is 20.4 Å². The third-order valence-corrected chi connectivity index (χ3v) is 4.38. The Labute approximate surface area is 157 Å². The molecule has 3 rings (SSSR count). The van der Waals surface area contributed by atoms with Crippen molar-refractivity contribution < 1.29 is 9.53 Å². The summed E-state index contributed by atoms with van der Waals surface area (Å²) in [5.41, 5.74) is 2.39. The average Bonchev–Trinajstić information content (AvgIpc) is 2.68. The quantitative estimate of drug-likeness (QED) is 0.602. The molecule has 0 aliphatic rings. The van der Waals surface area contributed by atoms with Crippen molar-refractivity contribution in [1.82, 2.24) is 15.6 Å². The minimum absolute atomic E-state index is 0.118. The van der Waals surface area contributed by atoms with Crippen LogP contribution >= 0.6 is 0 Å². The first-order chi connectivity index (χ1) is 13.2. The first-order valence-corrected chi connectivity index (χ1v) is 8.92. The molecule has 0 unspecified atom stereocenters. The van der Waals surface area contributed by atoms with Crippen molar-refractivity contribution in [1.29, 1.82) is 0 Å². The topological polar surface area (TPSA) is 83.2 Å². The van der Waals surface area contributed by atoms with Crippen molar-refractivity contribution in [2.75, 3.05) is 20.2 Å². The van der Waals surface area contributed by atoms with Crippen LogP contribution in [-0.2, 0) is 12.8 Å². The molecule has 1 heterocycles. The van der Waals surface area contributed by atoms with Crippen LogP contribution in [0, 0.1) is 0 Å². The van der Waals surface area contributed by atoms with Crippen LogP contribution in [0.3, 0.4) is 0 Å². The zero-order chi connectivity index (χ0) is 19.1. The number of carbonyl (C=O) groups is 1. The molecule has 0 aliphatic carbocycles. The molecular formula is C21H23N3O3. The van der Waals surface area contributed by atoms with Crippen molar-refractivity contribution >= 4 is 16.9 Å². The summed E-state index contributed by atoms with van der Waals surface area (Å²) < 4.78 is 5.30. The minimum atomic E-state index is -0.248. The Kier molecular flexibility index (Phi) is 6.10. The molecule has 0 fully saturated rings. The van der Waals surface area contributed by atoms with Gasteiger partial charge in [-0.2, -0.15) is 0 Å². The Morgan fingerprint density at radius 3 is 2.41 bits per heavy atom. The highest BCUT2D eigenvalue weighted by Crippen LogP contribution is 2.17. The van der Waals surface area contributed by atoms with E-state index < -0.39 is 0 Å². The van der Waals surface area contributed by atoms with Gasteiger partial charge in [-0.1, -0.05) is 36.4 Å². The van der Waals surface area contributed by atoms with Crippen molar-refractivity contribution in [3.8, 4) is 5.75 Å². The lowest BCUT2D eigenvalue weighted by atomic mass is 10.1. The van der Waals surface area contributed by atoms with Crippen molar-refractivity contribution in [3.63, 3.8) is 0 Å². The number of nitrogens with one attached hydrogen (secondary N) is 3. The largest absolute Gasteiger partial charge is 0.496 e. The molecule has 0 atom stereocenters. The lowest BCUT2D eigenvalue weighted by Crippen LogP contribution is -2.38. The lowest BCUT2D eigenvalue weighted by Gasteiger charge is -2.10. The molecule has 6 nitrogen and oxygen atoms in total. The van der Waals surface area contributed by atoms with Gasteiger partial charge in [0.15, 0.2) is 0 Å². The fourth-order valence-corrected chi connectivity index (χ4v) is 2.97. The Bertz CT molecular complexity index is 982. The molecular weight excluding hydrogens is 342 g/mol. The summed E-state index contributed by atoms with van der Waals surface area (Å²) in [5, 5.41) is 6.59. The summed E-state index contributed by atoms with van der Waals surface area (Å²) in [4.78, 5) is 26.9. The number of pyridine rings is 1. The number of benzene rings is 2. The van der Waals surface area contributed by atoms with Crippen molar-refractivity contribution in [2.45, 2.75) is 12.8 Å². The standard InChI is InChI=1S/C21H23N3O3/c1-27-19-9-5-3-6-15(19)10-12-22-21(26)23-13-11-17-14-16-7-2-4-8-18(16)24-20(17)25/h2-9,14H,10-13H2,1H3,(H,24,25)(H2,22,23,26). The second kappa shape index (κ2) is 8.89. The number of rotatable bonds is 7. The first-order valence-electron chi connectivity index (χ1n) is 8.92. The summed E-state index contributed by atoms with van der Waals surface area (Å²) in [6.45, 7) is 0.894. The van der Waals surface area contributed by atoms with Crippen LogP contribution in [0.1, 0.15) is 11.1 Å². The molecule has 3 aromatic rings. The summed E-state index contributed by atoms with van der Waals surface area (Å²) in [6, 6.07) is 17.0. The van der Waals surface area contributed by atoms with E-state index in [9.17, 15) is 9.59 Å². The molecule has 0 saturated heterocycles. The van der Waals surface area contributed by atoms with Crippen LogP contribution in [-0.4, -0.2) is 31.2 Å². The number of ether oxygens (including phenoxy) is 1. The molecule has 6 heteroatoms. The zero-order valence-corrected chi connectivity index (χ0v) is 15.2. The molecule has 1 aromatic heterocycles. The highest BCUT2D eigenvalue weighted by Gasteiger charge is 2.06. The summed E-state index contributed by atoms with van der Waals surface area (Å²) in [6.07, 6.45) is 1.15. The molecule has 0 bridgehead atoms. The van der Waals surface area contributed by atoms with E-state index in [1.165, 1.54) is 0 Å². The molecule has 3 N–H and O–H groups in total. The molecule has 140 valence electrons. The van der Waals surface area contributed by atoms with E-state index in [1.807, 2.05) is 54.6 Å². The lowest BCUT2D eigenvalue weighted by molar-refractivity contribution is 0.241. The molecule has 0 saturated carbocycles. The molecule has 0 radical (unpaired) electrons. The fraction of sp³-hybridized carbons (Fsp3) is 0.238. The Balaban J connectivity index is 1.46. The van der Waals surface area contributed by atoms with Gasteiger partial charge in [0.1, 0.15) is 5.75 Å². The van der Waals surface area contributed by atoms with E-state index in [0.29, 0.717) is 31.5 Å². The van der Waals surface area contributed by atoms with E-state index in [1.54, 1.807) is 7.11 Å². The number of aromatic amines is 1. The van der Waals surface area contributed by atoms with Gasteiger partial charge in [-0.25, -0.2) is 4.79 Å². The van der Waals surface area contributed by atoms with Crippen LogP contribution in [0.25, 0.3) is 10.9 Å². The third-order valence-electron chi connectivity index (χ3n) is 4.38. The van der Waals surface area contributed by atoms with Crippen molar-refractivity contribution in [2.24, 2.45) is 0 Å². The van der Waals surface area contributed by atoms with Gasteiger partial charge in [-0.15, -0.1) is 0 Å². The Morgan fingerprint density at radius 2 is 1.63 bits per heavy atom. The number of urea groups is 1. The number of carbonyl (C=O) groups excluding carboxylic acids is 1. The molecule has 27 heavy (non-hydrogen) atoms. The monoisotopic (exact) mass is 365 g/mol. The van der Waals surface area contributed by atoms with Gasteiger partial charge in [0.2, 0.25) is 0 Å². The second-order valence-electron chi connectivity index (χ2n) is 6.21. The van der Waals surface area contributed by atoms with Crippen LogP contribution in [0.15, 0.2) is 59.4 Å². The summed E-state index contributed by atoms with van der Waals surface area (Å²) in [5.74, 6) is 0.815. The third kappa shape index (κ3) is 4.88. The number of aromatic nitrogens is 1. The average molecular weight is 365 g/mol. The van der Waals surface area contributed by atoms with Crippen molar-refractivity contribution in [3.05, 3.63) is 76.1 Å². The molecule has 2 aromatic carbocycles. The number of para-hydroxylation sites is 2. The van der Waals surface area contributed by atoms with Gasteiger partial charge in [0.05, 0.1) is 7.11 Å². The molecule has 0 spiro atoms. The molecule has 0 aliphatic heterocycles. The Morgan fingerprint density at radius 1 is 0.963 bits per heavy atom. The maximum atomic E-state index is 12.1. The van der Waals surface area contributed by atoms with E-state index in [-0.39, 0.29) is 11.6 Å². The Hall–Kier alpha value is -3.28. The number of methoxy groups -OCH3 is 1. The van der Waals surface area contributed by atoms with Gasteiger partial charge in [0.25, 0.3) is 5.56 Å². The van der Waals surface area contributed by atoms with Gasteiger partial charge in [-0.3, -0.25) is 4.79 Å². The molecule has 2 amide bonds. The van der Waals surface area contributed by atoms with Crippen LogP contribution in [0.4, 0.5) is 4.79 Å². The first kappa shape index (κ1) is 18.5. The summed E-state index contributed by atoms with van der Waals surface area (Å²) >= 11 is 0. The van der Waals surface area contributed by atoms with E-state index in [2.05, 4.69) is 15.6 Å². The normalized spacial score (nSPS) is 10.6. The number of hydrogen-bond donors (Lipinski definition) is 3. The highest BCUT2D eigenvalue weighted by atomic mass is 16.5. The van der Waals surface area contributed by atoms with Crippen LogP contribution < -0.4 is 20.9 Å². The van der Waals surface area contributed by atoms with E-state index >= 15 is 0 Å². The van der Waals surface area contributed by atoms with Crippen LogP contribution in [0.5, 0.6) is 5.75 Å². The smallest absolute Gasteiger partial charge is 0.314 e. The number of hydrogen-bond acceptors (Lipinski definition) is 3. The fourth-order valence-electron chi connectivity index (χ4n) is 2.97.